The Morgan fingerprint density at radius 2 is 1.61 bits per heavy atom. The zero-order chi connectivity index (χ0) is 26.3. The summed E-state index contributed by atoms with van der Waals surface area (Å²) in [5.41, 5.74) is 2.13. The minimum Gasteiger partial charge on any atom is -0.493 e. The van der Waals surface area contributed by atoms with Gasteiger partial charge in [-0.25, -0.2) is 8.42 Å². The molecule has 3 aromatic carbocycles. The summed E-state index contributed by atoms with van der Waals surface area (Å²) >= 11 is 5.92. The van der Waals surface area contributed by atoms with Crippen LogP contribution in [-0.2, 0) is 21.4 Å². The number of hydrogen-bond donors (Lipinski definition) is 1. The zero-order valence-electron chi connectivity index (χ0n) is 20.5. The minimum atomic E-state index is -3.54. The van der Waals surface area contributed by atoms with Gasteiger partial charge in [0.05, 0.1) is 38.7 Å². The van der Waals surface area contributed by atoms with Crippen molar-refractivity contribution >= 4 is 33.2 Å². The van der Waals surface area contributed by atoms with Crippen LogP contribution in [0, 0.1) is 0 Å². The van der Waals surface area contributed by atoms with E-state index in [4.69, 9.17) is 25.8 Å². The van der Waals surface area contributed by atoms with Crippen LogP contribution in [0.2, 0.25) is 5.02 Å². The highest BCUT2D eigenvalue weighted by atomic mass is 35.5. The third kappa shape index (κ3) is 7.29. The normalized spacial score (nSPS) is 11.9. The first-order valence-corrected chi connectivity index (χ1v) is 13.3. The number of hydrogen-bond acceptors (Lipinski definition) is 6. The molecule has 0 heterocycles. The lowest BCUT2D eigenvalue weighted by Crippen LogP contribution is -2.31. The Hall–Kier alpha value is -3.43. The van der Waals surface area contributed by atoms with Gasteiger partial charge >= 0.3 is 0 Å². The van der Waals surface area contributed by atoms with Crippen molar-refractivity contribution in [3.05, 3.63) is 82.9 Å². The number of nitrogens with one attached hydrogen (secondary N) is 1. The average molecular weight is 533 g/mol. The third-order valence-electron chi connectivity index (χ3n) is 5.42. The predicted octanol–water partition coefficient (Wildman–Crippen LogP) is 4.58. The van der Waals surface area contributed by atoms with Crippen molar-refractivity contribution in [2.24, 2.45) is 0 Å². The van der Waals surface area contributed by atoms with Gasteiger partial charge in [-0.3, -0.25) is 9.10 Å². The van der Waals surface area contributed by atoms with Gasteiger partial charge < -0.3 is 19.5 Å². The first kappa shape index (κ1) is 27.2. The number of carbonyl (C=O) groups is 1. The molecule has 0 spiro atoms. The van der Waals surface area contributed by atoms with E-state index in [0.29, 0.717) is 28.0 Å². The monoisotopic (exact) mass is 532 g/mol. The quantitative estimate of drug-likeness (QED) is 0.388. The van der Waals surface area contributed by atoms with E-state index in [-0.39, 0.29) is 25.1 Å². The topological polar surface area (TPSA) is 94.2 Å². The number of methoxy groups -OCH3 is 2. The SMILES string of the molecule is COc1ccc([C@H](C)NC(=O)COc2ccc(N(Cc3ccc(Cl)cc3)S(C)(=O)=O)cc2)cc1OC. The summed E-state index contributed by atoms with van der Waals surface area (Å²) in [5.74, 6) is 1.32. The Bertz CT molecular complexity index is 1280. The number of ether oxygens (including phenoxy) is 3. The van der Waals surface area contributed by atoms with Crippen molar-refractivity contribution in [3.8, 4) is 17.2 Å². The molecule has 0 radical (unpaired) electrons. The van der Waals surface area contributed by atoms with E-state index in [1.165, 1.54) is 4.31 Å². The molecule has 10 heteroatoms. The Morgan fingerprint density at radius 3 is 2.19 bits per heavy atom. The van der Waals surface area contributed by atoms with Crippen LogP contribution in [0.15, 0.2) is 66.7 Å². The molecule has 0 saturated heterocycles. The van der Waals surface area contributed by atoms with Gasteiger partial charge in [-0.2, -0.15) is 0 Å². The molecule has 1 N–H and O–H groups in total. The van der Waals surface area contributed by atoms with Gasteiger partial charge in [0, 0.05) is 5.02 Å². The highest BCUT2D eigenvalue weighted by molar-refractivity contribution is 7.92. The van der Waals surface area contributed by atoms with Gasteiger partial charge in [-0.15, -0.1) is 0 Å². The maximum atomic E-state index is 12.4. The number of rotatable bonds is 11. The molecule has 0 saturated carbocycles. The number of benzene rings is 3. The molecular formula is C26H29ClN2O6S. The first-order chi connectivity index (χ1) is 17.1. The molecule has 0 unspecified atom stereocenters. The van der Waals surface area contributed by atoms with Crippen LogP contribution in [0.4, 0.5) is 5.69 Å². The molecule has 36 heavy (non-hydrogen) atoms. The van der Waals surface area contributed by atoms with Gasteiger partial charge in [-0.1, -0.05) is 29.8 Å². The van der Waals surface area contributed by atoms with E-state index in [2.05, 4.69) is 5.32 Å². The van der Waals surface area contributed by atoms with E-state index in [1.807, 2.05) is 13.0 Å². The number of nitrogens with zero attached hydrogens (tertiary/aromatic N) is 1. The third-order valence-corrected chi connectivity index (χ3v) is 6.81. The van der Waals surface area contributed by atoms with Gasteiger partial charge in [0.1, 0.15) is 5.75 Å². The summed E-state index contributed by atoms with van der Waals surface area (Å²) in [4.78, 5) is 12.4. The fourth-order valence-corrected chi connectivity index (χ4v) is 4.52. The Labute approximate surface area is 216 Å². The molecule has 0 fully saturated rings. The molecule has 0 aliphatic heterocycles. The Balaban J connectivity index is 1.60. The van der Waals surface area contributed by atoms with Crippen molar-refractivity contribution in [2.45, 2.75) is 19.5 Å². The van der Waals surface area contributed by atoms with Crippen molar-refractivity contribution in [1.29, 1.82) is 0 Å². The fraction of sp³-hybridized carbons (Fsp3) is 0.269. The number of carbonyl (C=O) groups excluding carboxylic acids is 1. The molecule has 0 aromatic heterocycles. The van der Waals surface area contributed by atoms with Gasteiger partial charge in [-0.05, 0) is 66.6 Å². The molecule has 8 nitrogen and oxygen atoms in total. The van der Waals surface area contributed by atoms with E-state index >= 15 is 0 Å². The maximum Gasteiger partial charge on any atom is 0.258 e. The van der Waals surface area contributed by atoms with Crippen LogP contribution in [0.1, 0.15) is 24.1 Å². The van der Waals surface area contributed by atoms with E-state index in [0.717, 1.165) is 17.4 Å². The fourth-order valence-electron chi connectivity index (χ4n) is 3.50. The van der Waals surface area contributed by atoms with Crippen LogP contribution < -0.4 is 23.8 Å². The van der Waals surface area contributed by atoms with E-state index in [9.17, 15) is 13.2 Å². The molecule has 3 rings (SSSR count). The second-order valence-corrected chi connectivity index (χ2v) is 10.4. The lowest BCUT2D eigenvalue weighted by molar-refractivity contribution is -0.123. The Morgan fingerprint density at radius 1 is 0.972 bits per heavy atom. The molecule has 1 atom stereocenters. The largest absolute Gasteiger partial charge is 0.493 e. The van der Waals surface area contributed by atoms with Crippen molar-refractivity contribution in [1.82, 2.24) is 5.32 Å². The number of sulfonamides is 1. The van der Waals surface area contributed by atoms with Crippen LogP contribution in [-0.4, -0.2) is 41.4 Å². The highest BCUT2D eigenvalue weighted by Gasteiger charge is 2.18. The lowest BCUT2D eigenvalue weighted by Gasteiger charge is -2.23. The second kappa shape index (κ2) is 12.0. The average Bonchev–Trinajstić information content (AvgIpc) is 2.86. The lowest BCUT2D eigenvalue weighted by atomic mass is 10.1. The predicted molar refractivity (Wildman–Crippen MR) is 141 cm³/mol. The molecule has 1 amide bonds. The van der Waals surface area contributed by atoms with Crippen molar-refractivity contribution in [3.63, 3.8) is 0 Å². The summed E-state index contributed by atoms with van der Waals surface area (Å²) in [7, 11) is -0.423. The number of amides is 1. The van der Waals surface area contributed by atoms with Crippen molar-refractivity contribution < 1.29 is 27.4 Å². The number of anilines is 1. The molecule has 3 aromatic rings. The number of halogens is 1. The summed E-state index contributed by atoms with van der Waals surface area (Å²) in [5, 5.41) is 3.46. The van der Waals surface area contributed by atoms with Crippen molar-refractivity contribution in [2.75, 3.05) is 31.4 Å². The highest BCUT2D eigenvalue weighted by Crippen LogP contribution is 2.30. The second-order valence-electron chi connectivity index (χ2n) is 8.08. The molecule has 0 aliphatic rings. The summed E-state index contributed by atoms with van der Waals surface area (Å²) < 4.78 is 42.2. The summed E-state index contributed by atoms with van der Waals surface area (Å²) in [6.07, 6.45) is 1.15. The van der Waals surface area contributed by atoms with E-state index < -0.39 is 10.0 Å². The standard InChI is InChI=1S/C26H29ClN2O6S/c1-18(20-7-14-24(33-2)25(15-20)34-3)28-26(30)17-35-23-12-10-22(11-13-23)29(36(4,31)32)16-19-5-8-21(27)9-6-19/h5-15,18H,16-17H2,1-4H3,(H,28,30)/t18-/m0/s1. The minimum absolute atomic E-state index is 0.159. The summed E-state index contributed by atoms with van der Waals surface area (Å²) in [6.45, 7) is 1.82. The van der Waals surface area contributed by atoms with E-state index in [1.54, 1.807) is 74.9 Å². The smallest absolute Gasteiger partial charge is 0.258 e. The molecule has 192 valence electrons. The van der Waals surface area contributed by atoms with Crippen LogP contribution >= 0.6 is 11.6 Å². The molecular weight excluding hydrogens is 504 g/mol. The first-order valence-electron chi connectivity index (χ1n) is 11.1. The zero-order valence-corrected chi connectivity index (χ0v) is 22.1. The Kier molecular flexibility index (Phi) is 9.06. The van der Waals surface area contributed by atoms with Gasteiger partial charge in [0.15, 0.2) is 18.1 Å². The molecule has 0 aliphatic carbocycles. The summed E-state index contributed by atoms with van der Waals surface area (Å²) in [6, 6.07) is 18.7. The van der Waals surface area contributed by atoms with Crippen LogP contribution in [0.25, 0.3) is 0 Å². The van der Waals surface area contributed by atoms with Crippen LogP contribution in [0.3, 0.4) is 0 Å². The van der Waals surface area contributed by atoms with Gasteiger partial charge in [0.25, 0.3) is 5.91 Å². The maximum absolute atomic E-state index is 12.4. The van der Waals surface area contributed by atoms with Crippen LogP contribution in [0.5, 0.6) is 17.2 Å². The molecule has 0 bridgehead atoms. The van der Waals surface area contributed by atoms with Gasteiger partial charge in [0.2, 0.25) is 10.0 Å².